The standard InChI is InChI=1S/C13H16ClN3OS/c1-2-7-15-11(18)6-8-16-13-17-10-5-3-4-9(14)12(10)19-13/h3-5H,2,6-8H2,1H3,(H,15,18)(H,16,17). The lowest BCUT2D eigenvalue weighted by Crippen LogP contribution is -2.25. The van der Waals surface area contributed by atoms with Gasteiger partial charge in [0, 0.05) is 19.5 Å². The second-order valence-corrected chi connectivity index (χ2v) is 5.54. The topological polar surface area (TPSA) is 54.0 Å². The van der Waals surface area contributed by atoms with Gasteiger partial charge in [-0.3, -0.25) is 4.79 Å². The lowest BCUT2D eigenvalue weighted by molar-refractivity contribution is -0.120. The van der Waals surface area contributed by atoms with Crippen molar-refractivity contribution in [3.8, 4) is 0 Å². The molecule has 1 aromatic heterocycles. The summed E-state index contributed by atoms with van der Waals surface area (Å²) in [6.45, 7) is 3.34. The number of carbonyl (C=O) groups excluding carboxylic acids is 1. The molecule has 0 spiro atoms. The van der Waals surface area contributed by atoms with E-state index in [4.69, 9.17) is 11.6 Å². The van der Waals surface area contributed by atoms with Crippen molar-refractivity contribution in [2.75, 3.05) is 18.4 Å². The smallest absolute Gasteiger partial charge is 0.221 e. The Balaban J connectivity index is 1.88. The van der Waals surface area contributed by atoms with Gasteiger partial charge in [-0.2, -0.15) is 0 Å². The predicted molar refractivity (Wildman–Crippen MR) is 81.0 cm³/mol. The Morgan fingerprint density at radius 2 is 2.26 bits per heavy atom. The fraction of sp³-hybridized carbons (Fsp3) is 0.385. The highest BCUT2D eigenvalue weighted by Crippen LogP contribution is 2.31. The first-order chi connectivity index (χ1) is 9.20. The van der Waals surface area contributed by atoms with Gasteiger partial charge in [-0.15, -0.1) is 0 Å². The number of nitrogens with zero attached hydrogens (tertiary/aromatic N) is 1. The molecular formula is C13H16ClN3OS. The molecule has 0 saturated heterocycles. The van der Waals surface area contributed by atoms with Crippen LogP contribution in [0.15, 0.2) is 18.2 Å². The van der Waals surface area contributed by atoms with Crippen molar-refractivity contribution in [1.29, 1.82) is 0 Å². The first-order valence-electron chi connectivity index (χ1n) is 6.26. The molecule has 2 N–H and O–H groups in total. The highest BCUT2D eigenvalue weighted by Gasteiger charge is 2.06. The SMILES string of the molecule is CCCNC(=O)CCNc1nc2cccc(Cl)c2s1. The third-order valence-electron chi connectivity index (χ3n) is 2.57. The minimum absolute atomic E-state index is 0.0634. The normalized spacial score (nSPS) is 10.6. The second-order valence-electron chi connectivity index (χ2n) is 4.13. The number of nitrogens with one attached hydrogen (secondary N) is 2. The van der Waals surface area contributed by atoms with E-state index in [0.717, 1.165) is 28.3 Å². The van der Waals surface area contributed by atoms with Crippen molar-refractivity contribution in [2.24, 2.45) is 0 Å². The number of carbonyl (C=O) groups is 1. The molecule has 4 nitrogen and oxygen atoms in total. The Hall–Kier alpha value is -1.33. The van der Waals surface area contributed by atoms with Crippen LogP contribution in [0.2, 0.25) is 5.02 Å². The maximum atomic E-state index is 11.4. The molecule has 0 aliphatic heterocycles. The number of halogens is 1. The average molecular weight is 298 g/mol. The van der Waals surface area contributed by atoms with E-state index < -0.39 is 0 Å². The van der Waals surface area contributed by atoms with E-state index in [1.54, 1.807) is 0 Å². The Bertz CT molecular complexity index is 570. The van der Waals surface area contributed by atoms with Crippen LogP contribution in [0.25, 0.3) is 10.2 Å². The van der Waals surface area contributed by atoms with E-state index >= 15 is 0 Å². The van der Waals surface area contributed by atoms with Crippen LogP contribution in [0.3, 0.4) is 0 Å². The van der Waals surface area contributed by atoms with Crippen LogP contribution < -0.4 is 10.6 Å². The molecule has 0 aliphatic rings. The summed E-state index contributed by atoms with van der Waals surface area (Å²) in [6, 6.07) is 5.66. The Morgan fingerprint density at radius 1 is 1.42 bits per heavy atom. The van der Waals surface area contributed by atoms with Gasteiger partial charge in [0.1, 0.15) is 0 Å². The molecule has 6 heteroatoms. The molecule has 0 radical (unpaired) electrons. The number of anilines is 1. The molecular weight excluding hydrogens is 282 g/mol. The molecule has 0 unspecified atom stereocenters. The fourth-order valence-corrected chi connectivity index (χ4v) is 2.81. The van der Waals surface area contributed by atoms with E-state index in [1.807, 2.05) is 25.1 Å². The third kappa shape index (κ3) is 3.81. The van der Waals surface area contributed by atoms with E-state index in [-0.39, 0.29) is 5.91 Å². The van der Waals surface area contributed by atoms with Gasteiger partial charge in [0.2, 0.25) is 5.91 Å². The number of rotatable bonds is 6. The second kappa shape index (κ2) is 6.73. The Labute approximate surface area is 121 Å². The van der Waals surface area contributed by atoms with Crippen LogP contribution in [0.4, 0.5) is 5.13 Å². The molecule has 0 saturated carbocycles. The summed E-state index contributed by atoms with van der Waals surface area (Å²) >= 11 is 7.60. The summed E-state index contributed by atoms with van der Waals surface area (Å²) in [7, 11) is 0. The van der Waals surface area contributed by atoms with Gasteiger partial charge in [0.25, 0.3) is 0 Å². The van der Waals surface area contributed by atoms with Gasteiger partial charge in [-0.25, -0.2) is 4.98 Å². The summed E-state index contributed by atoms with van der Waals surface area (Å²) in [5, 5.41) is 7.50. The maximum Gasteiger partial charge on any atom is 0.221 e. The molecule has 1 heterocycles. The zero-order valence-corrected chi connectivity index (χ0v) is 12.3. The van der Waals surface area contributed by atoms with Crippen molar-refractivity contribution in [2.45, 2.75) is 19.8 Å². The molecule has 0 bridgehead atoms. The van der Waals surface area contributed by atoms with Crippen LogP contribution in [0.5, 0.6) is 0 Å². The number of thiazole rings is 1. The lowest BCUT2D eigenvalue weighted by atomic mass is 10.3. The Morgan fingerprint density at radius 3 is 3.00 bits per heavy atom. The van der Waals surface area contributed by atoms with Crippen LogP contribution in [0.1, 0.15) is 19.8 Å². The van der Waals surface area contributed by atoms with Gasteiger partial charge in [-0.1, -0.05) is 35.9 Å². The van der Waals surface area contributed by atoms with Gasteiger partial charge in [0.15, 0.2) is 5.13 Å². The van der Waals surface area contributed by atoms with E-state index in [0.29, 0.717) is 18.0 Å². The van der Waals surface area contributed by atoms with Crippen molar-refractivity contribution < 1.29 is 4.79 Å². The summed E-state index contributed by atoms with van der Waals surface area (Å²) in [5.41, 5.74) is 0.885. The molecule has 1 amide bonds. The predicted octanol–water partition coefficient (Wildman–Crippen LogP) is 3.28. The van der Waals surface area contributed by atoms with Crippen LogP contribution in [-0.2, 0) is 4.79 Å². The van der Waals surface area contributed by atoms with Crippen molar-refractivity contribution in [3.05, 3.63) is 23.2 Å². The maximum absolute atomic E-state index is 11.4. The van der Waals surface area contributed by atoms with Gasteiger partial charge in [-0.05, 0) is 18.6 Å². The number of fused-ring (bicyclic) bond motifs is 1. The summed E-state index contributed by atoms with van der Waals surface area (Å²) in [4.78, 5) is 15.9. The minimum Gasteiger partial charge on any atom is -0.361 e. The fourth-order valence-electron chi connectivity index (χ4n) is 1.63. The first-order valence-corrected chi connectivity index (χ1v) is 7.45. The monoisotopic (exact) mass is 297 g/mol. The number of aromatic nitrogens is 1. The molecule has 0 fully saturated rings. The summed E-state index contributed by atoms with van der Waals surface area (Å²) in [5.74, 6) is 0.0634. The van der Waals surface area contributed by atoms with E-state index in [9.17, 15) is 4.79 Å². The van der Waals surface area contributed by atoms with Gasteiger partial charge in [0.05, 0.1) is 15.2 Å². The molecule has 2 aromatic rings. The molecule has 102 valence electrons. The minimum atomic E-state index is 0.0634. The molecule has 0 atom stereocenters. The molecule has 0 aliphatic carbocycles. The van der Waals surface area contributed by atoms with Crippen molar-refractivity contribution in [1.82, 2.24) is 10.3 Å². The van der Waals surface area contributed by atoms with Crippen molar-refractivity contribution in [3.63, 3.8) is 0 Å². The number of amides is 1. The third-order valence-corrected chi connectivity index (χ3v) is 4.06. The number of hydrogen-bond donors (Lipinski definition) is 2. The largest absolute Gasteiger partial charge is 0.361 e. The van der Waals surface area contributed by atoms with Crippen LogP contribution in [-0.4, -0.2) is 24.0 Å². The lowest BCUT2D eigenvalue weighted by Gasteiger charge is -2.03. The zero-order valence-electron chi connectivity index (χ0n) is 10.7. The highest BCUT2D eigenvalue weighted by molar-refractivity contribution is 7.22. The average Bonchev–Trinajstić information content (AvgIpc) is 2.81. The highest BCUT2D eigenvalue weighted by atomic mass is 35.5. The molecule has 2 rings (SSSR count). The van der Waals surface area contributed by atoms with Crippen LogP contribution in [0, 0.1) is 0 Å². The molecule has 19 heavy (non-hydrogen) atoms. The van der Waals surface area contributed by atoms with Gasteiger partial charge < -0.3 is 10.6 Å². The summed E-state index contributed by atoms with van der Waals surface area (Å²) < 4.78 is 0.974. The van der Waals surface area contributed by atoms with Gasteiger partial charge >= 0.3 is 0 Å². The first kappa shape index (κ1) is 14.1. The van der Waals surface area contributed by atoms with E-state index in [1.165, 1.54) is 11.3 Å². The Kier molecular flexibility index (Phi) is 4.99. The number of hydrogen-bond acceptors (Lipinski definition) is 4. The number of benzene rings is 1. The van der Waals surface area contributed by atoms with E-state index in [2.05, 4.69) is 15.6 Å². The molecule has 1 aromatic carbocycles. The van der Waals surface area contributed by atoms with Crippen molar-refractivity contribution >= 4 is 44.2 Å². The quantitative estimate of drug-likeness (QED) is 0.860. The van der Waals surface area contributed by atoms with Crippen LogP contribution >= 0.6 is 22.9 Å². The zero-order chi connectivity index (χ0) is 13.7. The summed E-state index contributed by atoms with van der Waals surface area (Å²) in [6.07, 6.45) is 1.40.